The molecule has 0 amide bonds. The van der Waals surface area contributed by atoms with E-state index in [9.17, 15) is 0 Å². The molecule has 0 atom stereocenters. The van der Waals surface area contributed by atoms with Gasteiger partial charge in [0, 0.05) is 34.1 Å². The monoisotopic (exact) mass is 806 g/mol. The lowest BCUT2D eigenvalue weighted by atomic mass is 9.33. The number of hydrogen-bond acceptors (Lipinski definition) is 2. The summed E-state index contributed by atoms with van der Waals surface area (Å²) in [5.41, 5.74) is 24.3. The molecular formula is C59H59BN2. The summed E-state index contributed by atoms with van der Waals surface area (Å²) in [6, 6.07) is 56.0. The van der Waals surface area contributed by atoms with Gasteiger partial charge in [-0.05, 0) is 169 Å². The van der Waals surface area contributed by atoms with E-state index in [4.69, 9.17) is 0 Å². The fraction of sp³-hybridized carbons (Fsp3) is 0.288. The molecule has 0 saturated carbocycles. The van der Waals surface area contributed by atoms with E-state index >= 15 is 0 Å². The molecule has 62 heavy (non-hydrogen) atoms. The van der Waals surface area contributed by atoms with E-state index in [1.165, 1.54) is 126 Å². The van der Waals surface area contributed by atoms with Crippen LogP contribution in [-0.4, -0.2) is 6.71 Å². The molecule has 7 aromatic rings. The van der Waals surface area contributed by atoms with Crippen LogP contribution in [0.15, 0.2) is 146 Å². The van der Waals surface area contributed by atoms with Crippen LogP contribution in [0.4, 0.5) is 34.1 Å². The average molecular weight is 807 g/mol. The molecule has 0 bridgehead atoms. The number of nitrogens with zero attached hydrogens (tertiary/aromatic N) is 2. The highest BCUT2D eigenvalue weighted by Crippen LogP contribution is 2.52. The van der Waals surface area contributed by atoms with Gasteiger partial charge in [-0.2, -0.15) is 0 Å². The van der Waals surface area contributed by atoms with Crippen molar-refractivity contribution < 1.29 is 0 Å². The third kappa shape index (κ3) is 5.98. The van der Waals surface area contributed by atoms with E-state index in [0.717, 1.165) is 0 Å². The fourth-order valence-corrected chi connectivity index (χ4v) is 11.7. The molecule has 308 valence electrons. The number of aryl methyl sites for hydroxylation is 1. The second-order valence-corrected chi connectivity index (χ2v) is 21.6. The Morgan fingerprint density at radius 3 is 1.42 bits per heavy atom. The highest BCUT2D eigenvalue weighted by Gasteiger charge is 2.47. The standard InChI is InChI=1S/C59H59BN2/c1-38-32-53-55-54(33-38)62(44-25-26-45-46(35-44)57(4,5)29-28-56(45,2)3)52-37-48-47(58(6,7)30-31-59(48,8)9)36-50(52)60(55)49-34-42(40-18-14-11-15-19-40)22-27-51(49)61(53)43-23-20-41(21-24-43)39-16-12-10-13-17-39/h10-27,32-37H,28-31H2,1-9H3. The van der Waals surface area contributed by atoms with Crippen molar-refractivity contribution in [1.82, 2.24) is 0 Å². The molecule has 0 saturated heterocycles. The lowest BCUT2D eigenvalue weighted by Crippen LogP contribution is -2.62. The van der Waals surface area contributed by atoms with Crippen molar-refractivity contribution in [2.24, 2.45) is 0 Å². The second kappa shape index (κ2) is 13.6. The molecule has 2 aliphatic carbocycles. The maximum Gasteiger partial charge on any atom is 0.252 e. The lowest BCUT2D eigenvalue weighted by Gasteiger charge is -2.48. The third-order valence-electron chi connectivity index (χ3n) is 15.6. The van der Waals surface area contributed by atoms with Gasteiger partial charge in [0.2, 0.25) is 0 Å². The summed E-state index contributed by atoms with van der Waals surface area (Å²) in [6.45, 7) is 22.1. The van der Waals surface area contributed by atoms with Crippen LogP contribution < -0.4 is 26.2 Å². The topological polar surface area (TPSA) is 6.48 Å². The molecule has 0 unspecified atom stereocenters. The van der Waals surface area contributed by atoms with Gasteiger partial charge in [0.25, 0.3) is 6.71 Å². The first-order valence-electron chi connectivity index (χ1n) is 23.1. The minimum atomic E-state index is 0.0458. The number of rotatable bonds is 4. The minimum Gasteiger partial charge on any atom is -0.311 e. The largest absolute Gasteiger partial charge is 0.311 e. The van der Waals surface area contributed by atoms with Gasteiger partial charge in [-0.25, -0.2) is 0 Å². The van der Waals surface area contributed by atoms with Crippen molar-refractivity contribution in [2.45, 2.75) is 110 Å². The first-order valence-corrected chi connectivity index (χ1v) is 23.1. The van der Waals surface area contributed by atoms with Gasteiger partial charge in [-0.1, -0.05) is 152 Å². The van der Waals surface area contributed by atoms with Crippen LogP contribution >= 0.6 is 0 Å². The van der Waals surface area contributed by atoms with Gasteiger partial charge in [0.1, 0.15) is 0 Å². The predicted octanol–water partition coefficient (Wildman–Crippen LogP) is 14.1. The zero-order valence-corrected chi connectivity index (χ0v) is 38.2. The van der Waals surface area contributed by atoms with Crippen molar-refractivity contribution in [3.63, 3.8) is 0 Å². The Morgan fingerprint density at radius 2 is 0.823 bits per heavy atom. The van der Waals surface area contributed by atoms with Crippen molar-refractivity contribution in [3.05, 3.63) is 173 Å². The maximum absolute atomic E-state index is 2.68. The van der Waals surface area contributed by atoms with E-state index < -0.39 is 0 Å². The molecular weight excluding hydrogens is 747 g/mol. The Balaban J connectivity index is 1.22. The summed E-state index contributed by atoms with van der Waals surface area (Å²) >= 11 is 0. The van der Waals surface area contributed by atoms with Crippen molar-refractivity contribution in [3.8, 4) is 22.3 Å². The minimum absolute atomic E-state index is 0.0458. The van der Waals surface area contributed by atoms with E-state index in [0.29, 0.717) is 0 Å². The molecule has 2 aliphatic heterocycles. The Kier molecular flexibility index (Phi) is 8.57. The van der Waals surface area contributed by atoms with Crippen LogP contribution in [0, 0.1) is 6.92 Å². The molecule has 0 spiro atoms. The summed E-state index contributed by atoms with van der Waals surface area (Å²) in [7, 11) is 0. The van der Waals surface area contributed by atoms with Crippen LogP contribution in [0.2, 0.25) is 0 Å². The Morgan fingerprint density at radius 1 is 0.371 bits per heavy atom. The molecule has 3 heteroatoms. The SMILES string of the molecule is Cc1cc2c3c(c1)N(c1ccc4c(c1)C(C)(C)CCC4(C)C)c1cc4c(cc1B3c1cc(-c3ccccc3)ccc1N2c1ccc(-c2ccccc2)cc1)C(C)(C)CCC4(C)C. The van der Waals surface area contributed by atoms with Crippen molar-refractivity contribution in [1.29, 1.82) is 0 Å². The lowest BCUT2D eigenvalue weighted by molar-refractivity contribution is 0.332. The third-order valence-corrected chi connectivity index (χ3v) is 15.6. The van der Waals surface area contributed by atoms with Gasteiger partial charge in [-0.15, -0.1) is 0 Å². The highest BCUT2D eigenvalue weighted by atomic mass is 15.2. The quantitative estimate of drug-likeness (QED) is 0.164. The van der Waals surface area contributed by atoms with Crippen LogP contribution in [0.3, 0.4) is 0 Å². The summed E-state index contributed by atoms with van der Waals surface area (Å²) in [4.78, 5) is 5.24. The van der Waals surface area contributed by atoms with Gasteiger partial charge in [-0.3, -0.25) is 0 Å². The molecule has 4 aliphatic rings. The van der Waals surface area contributed by atoms with Crippen LogP contribution in [0.25, 0.3) is 22.3 Å². The van der Waals surface area contributed by atoms with Crippen molar-refractivity contribution >= 4 is 57.2 Å². The molecule has 0 aromatic heterocycles. The molecule has 0 fully saturated rings. The Bertz CT molecular complexity index is 2920. The van der Waals surface area contributed by atoms with E-state index in [2.05, 4.69) is 218 Å². The first kappa shape index (κ1) is 39.1. The molecule has 11 rings (SSSR count). The zero-order chi connectivity index (χ0) is 42.9. The Labute approximate surface area is 370 Å². The smallest absolute Gasteiger partial charge is 0.252 e. The molecule has 0 radical (unpaired) electrons. The van der Waals surface area contributed by atoms with Gasteiger partial charge < -0.3 is 9.80 Å². The predicted molar refractivity (Wildman–Crippen MR) is 267 cm³/mol. The van der Waals surface area contributed by atoms with Crippen LogP contribution in [0.1, 0.15) is 109 Å². The number of fused-ring (bicyclic) bond motifs is 6. The van der Waals surface area contributed by atoms with Crippen LogP contribution in [-0.2, 0) is 21.7 Å². The van der Waals surface area contributed by atoms with Gasteiger partial charge >= 0.3 is 0 Å². The van der Waals surface area contributed by atoms with E-state index in [1.54, 1.807) is 0 Å². The normalized spacial score (nSPS) is 18.2. The van der Waals surface area contributed by atoms with Gasteiger partial charge in [0.15, 0.2) is 0 Å². The summed E-state index contributed by atoms with van der Waals surface area (Å²) in [5, 5.41) is 0. The van der Waals surface area contributed by atoms with E-state index in [-0.39, 0.29) is 28.4 Å². The average Bonchev–Trinajstić information content (AvgIpc) is 3.27. The van der Waals surface area contributed by atoms with Crippen molar-refractivity contribution in [2.75, 3.05) is 9.80 Å². The zero-order valence-electron chi connectivity index (χ0n) is 38.2. The molecule has 0 N–H and O–H groups in total. The first-order chi connectivity index (χ1) is 29.6. The summed E-state index contributed by atoms with van der Waals surface area (Å²) in [5.74, 6) is 0. The van der Waals surface area contributed by atoms with Gasteiger partial charge in [0.05, 0.1) is 0 Å². The number of benzene rings is 7. The fourth-order valence-electron chi connectivity index (χ4n) is 11.7. The molecule has 7 aromatic carbocycles. The molecule has 2 nitrogen and oxygen atoms in total. The maximum atomic E-state index is 2.68. The number of hydrogen-bond donors (Lipinski definition) is 0. The Hall–Kier alpha value is -5.80. The van der Waals surface area contributed by atoms with E-state index in [1.807, 2.05) is 0 Å². The van der Waals surface area contributed by atoms with Crippen LogP contribution in [0.5, 0.6) is 0 Å². The number of anilines is 6. The second-order valence-electron chi connectivity index (χ2n) is 21.6. The molecule has 2 heterocycles. The highest BCUT2D eigenvalue weighted by molar-refractivity contribution is 7.00. The summed E-state index contributed by atoms with van der Waals surface area (Å²) < 4.78 is 0. The summed E-state index contributed by atoms with van der Waals surface area (Å²) in [6.07, 6.45) is 4.75.